The molecule has 0 atom stereocenters. The summed E-state index contributed by atoms with van der Waals surface area (Å²) in [6, 6.07) is 6.12. The van der Waals surface area contributed by atoms with Crippen LogP contribution in [0.5, 0.6) is 5.75 Å². The number of rotatable bonds is 10. The summed E-state index contributed by atoms with van der Waals surface area (Å²) in [7, 11) is 1.67. The molecule has 0 bridgehead atoms. The first-order valence-corrected chi connectivity index (χ1v) is 7.77. The minimum atomic E-state index is 0.134. The van der Waals surface area contributed by atoms with E-state index in [9.17, 15) is 4.79 Å². The Morgan fingerprint density at radius 1 is 1.24 bits per heavy atom. The Morgan fingerprint density at radius 2 is 2.00 bits per heavy atom. The lowest BCUT2D eigenvalue weighted by Crippen LogP contribution is -2.25. The number of methoxy groups -OCH3 is 1. The van der Waals surface area contributed by atoms with Gasteiger partial charge in [0.2, 0.25) is 5.91 Å². The molecule has 0 aliphatic heterocycles. The first-order valence-electron chi connectivity index (χ1n) is 7.77. The van der Waals surface area contributed by atoms with Gasteiger partial charge in [0.05, 0.1) is 7.11 Å². The molecule has 1 aromatic rings. The zero-order valence-corrected chi connectivity index (χ0v) is 13.3. The predicted octanol–water partition coefficient (Wildman–Crippen LogP) is 2.57. The first-order chi connectivity index (χ1) is 10.2. The standard InChI is InChI=1S/C17H28N2O2/c1-14-8-9-16(21-2)15(13-14)10-12-19-17(20)7-5-3-4-6-11-18/h8-9,13H,3-7,10-12,18H2,1-2H3,(H,19,20). The van der Waals surface area contributed by atoms with Gasteiger partial charge in [0.15, 0.2) is 0 Å². The van der Waals surface area contributed by atoms with Gasteiger partial charge < -0.3 is 15.8 Å². The minimum Gasteiger partial charge on any atom is -0.496 e. The molecule has 1 rings (SSSR count). The Bertz CT molecular complexity index is 433. The highest BCUT2D eigenvalue weighted by Crippen LogP contribution is 2.19. The molecular formula is C17H28N2O2. The van der Waals surface area contributed by atoms with Crippen LogP contribution in [-0.4, -0.2) is 26.1 Å². The van der Waals surface area contributed by atoms with Crippen LogP contribution in [0.25, 0.3) is 0 Å². The summed E-state index contributed by atoms with van der Waals surface area (Å²) in [4.78, 5) is 11.7. The summed E-state index contributed by atoms with van der Waals surface area (Å²) >= 11 is 0. The quantitative estimate of drug-likeness (QED) is 0.651. The molecule has 0 saturated heterocycles. The predicted molar refractivity (Wildman–Crippen MR) is 86.6 cm³/mol. The fourth-order valence-corrected chi connectivity index (χ4v) is 2.31. The molecule has 0 aliphatic carbocycles. The number of nitrogens with two attached hydrogens (primary N) is 1. The number of amides is 1. The molecule has 1 amide bonds. The topological polar surface area (TPSA) is 64.3 Å². The lowest BCUT2D eigenvalue weighted by molar-refractivity contribution is -0.121. The number of nitrogens with one attached hydrogen (secondary N) is 1. The van der Waals surface area contributed by atoms with Crippen LogP contribution in [-0.2, 0) is 11.2 Å². The maximum atomic E-state index is 11.7. The lowest BCUT2D eigenvalue weighted by atomic mass is 10.1. The molecule has 0 aromatic heterocycles. The zero-order valence-electron chi connectivity index (χ0n) is 13.3. The van der Waals surface area contributed by atoms with E-state index in [1.165, 1.54) is 5.56 Å². The Morgan fingerprint density at radius 3 is 2.71 bits per heavy atom. The van der Waals surface area contributed by atoms with E-state index in [4.69, 9.17) is 10.5 Å². The Kier molecular flexibility index (Phi) is 8.51. The monoisotopic (exact) mass is 292 g/mol. The van der Waals surface area contributed by atoms with Crippen molar-refractivity contribution in [2.45, 2.75) is 45.4 Å². The van der Waals surface area contributed by atoms with Crippen LogP contribution in [0.1, 0.15) is 43.2 Å². The van der Waals surface area contributed by atoms with E-state index in [0.29, 0.717) is 13.0 Å². The summed E-state index contributed by atoms with van der Waals surface area (Å²) in [6.45, 7) is 3.45. The van der Waals surface area contributed by atoms with Gasteiger partial charge in [-0.3, -0.25) is 4.79 Å². The van der Waals surface area contributed by atoms with Gasteiger partial charge in [-0.2, -0.15) is 0 Å². The van der Waals surface area contributed by atoms with Crippen LogP contribution >= 0.6 is 0 Å². The number of hydrogen-bond acceptors (Lipinski definition) is 3. The Labute approximate surface area is 128 Å². The van der Waals surface area contributed by atoms with E-state index in [1.54, 1.807) is 7.11 Å². The van der Waals surface area contributed by atoms with Crippen molar-refractivity contribution in [2.75, 3.05) is 20.2 Å². The molecule has 0 spiro atoms. The van der Waals surface area contributed by atoms with Gasteiger partial charge in [-0.1, -0.05) is 30.5 Å². The molecule has 0 fully saturated rings. The van der Waals surface area contributed by atoms with Crippen molar-refractivity contribution in [1.82, 2.24) is 5.32 Å². The smallest absolute Gasteiger partial charge is 0.220 e. The Hall–Kier alpha value is -1.55. The molecule has 0 aliphatic rings. The highest BCUT2D eigenvalue weighted by atomic mass is 16.5. The van der Waals surface area contributed by atoms with Gasteiger partial charge in [0, 0.05) is 13.0 Å². The van der Waals surface area contributed by atoms with Crippen LogP contribution in [0.3, 0.4) is 0 Å². The van der Waals surface area contributed by atoms with Gasteiger partial charge in [-0.25, -0.2) is 0 Å². The largest absolute Gasteiger partial charge is 0.496 e. The van der Waals surface area contributed by atoms with Gasteiger partial charge in [0.25, 0.3) is 0 Å². The van der Waals surface area contributed by atoms with E-state index < -0.39 is 0 Å². The average Bonchev–Trinajstić information content (AvgIpc) is 2.47. The maximum absolute atomic E-state index is 11.7. The van der Waals surface area contributed by atoms with Crippen LogP contribution in [0.2, 0.25) is 0 Å². The molecule has 21 heavy (non-hydrogen) atoms. The number of hydrogen-bond donors (Lipinski definition) is 2. The third-order valence-corrected chi connectivity index (χ3v) is 3.51. The van der Waals surface area contributed by atoms with Crippen molar-refractivity contribution in [1.29, 1.82) is 0 Å². The average molecular weight is 292 g/mol. The SMILES string of the molecule is COc1ccc(C)cc1CCNC(=O)CCCCCCN. The van der Waals surface area contributed by atoms with Crippen LogP contribution in [0.4, 0.5) is 0 Å². The van der Waals surface area contributed by atoms with Crippen molar-refractivity contribution in [3.63, 3.8) is 0 Å². The third kappa shape index (κ3) is 7.14. The highest BCUT2D eigenvalue weighted by Gasteiger charge is 2.05. The van der Waals surface area contributed by atoms with Crippen molar-refractivity contribution >= 4 is 5.91 Å². The van der Waals surface area contributed by atoms with Crippen molar-refractivity contribution in [3.05, 3.63) is 29.3 Å². The molecule has 0 unspecified atom stereocenters. The number of aryl methyl sites for hydroxylation is 1. The first kappa shape index (κ1) is 17.5. The molecule has 1 aromatic carbocycles. The Balaban J connectivity index is 2.24. The van der Waals surface area contributed by atoms with E-state index in [0.717, 1.165) is 50.0 Å². The molecule has 4 nitrogen and oxygen atoms in total. The number of benzene rings is 1. The number of unbranched alkanes of at least 4 members (excludes halogenated alkanes) is 3. The van der Waals surface area contributed by atoms with Crippen LogP contribution < -0.4 is 15.8 Å². The fourth-order valence-electron chi connectivity index (χ4n) is 2.31. The summed E-state index contributed by atoms with van der Waals surface area (Å²) in [5.41, 5.74) is 7.78. The summed E-state index contributed by atoms with van der Waals surface area (Å²) in [5, 5.41) is 2.97. The number of carbonyl (C=O) groups excluding carboxylic acids is 1. The second-order valence-corrected chi connectivity index (χ2v) is 5.37. The molecule has 3 N–H and O–H groups in total. The van der Waals surface area contributed by atoms with E-state index in [-0.39, 0.29) is 5.91 Å². The van der Waals surface area contributed by atoms with Gasteiger partial charge in [0.1, 0.15) is 5.75 Å². The van der Waals surface area contributed by atoms with E-state index in [1.807, 2.05) is 12.1 Å². The molecular weight excluding hydrogens is 264 g/mol. The van der Waals surface area contributed by atoms with Gasteiger partial charge in [-0.15, -0.1) is 0 Å². The molecule has 4 heteroatoms. The fraction of sp³-hybridized carbons (Fsp3) is 0.588. The molecule has 0 saturated carbocycles. The van der Waals surface area contributed by atoms with Gasteiger partial charge in [-0.05, 0) is 44.4 Å². The summed E-state index contributed by atoms with van der Waals surface area (Å²) < 4.78 is 5.34. The van der Waals surface area contributed by atoms with Crippen LogP contribution in [0, 0.1) is 6.92 Å². The minimum absolute atomic E-state index is 0.134. The van der Waals surface area contributed by atoms with Crippen LogP contribution in [0.15, 0.2) is 18.2 Å². The van der Waals surface area contributed by atoms with E-state index in [2.05, 4.69) is 18.3 Å². The molecule has 0 radical (unpaired) electrons. The lowest BCUT2D eigenvalue weighted by Gasteiger charge is -2.10. The van der Waals surface area contributed by atoms with Crippen molar-refractivity contribution < 1.29 is 9.53 Å². The summed E-state index contributed by atoms with van der Waals surface area (Å²) in [5.74, 6) is 1.02. The maximum Gasteiger partial charge on any atom is 0.220 e. The zero-order chi connectivity index (χ0) is 15.5. The number of carbonyl (C=O) groups is 1. The highest BCUT2D eigenvalue weighted by molar-refractivity contribution is 5.75. The molecule has 0 heterocycles. The van der Waals surface area contributed by atoms with E-state index >= 15 is 0 Å². The third-order valence-electron chi connectivity index (χ3n) is 3.51. The second kappa shape index (κ2) is 10.2. The second-order valence-electron chi connectivity index (χ2n) is 5.37. The van der Waals surface area contributed by atoms with Gasteiger partial charge >= 0.3 is 0 Å². The number of ether oxygens (including phenoxy) is 1. The van der Waals surface area contributed by atoms with Crippen molar-refractivity contribution in [3.8, 4) is 5.75 Å². The summed E-state index contributed by atoms with van der Waals surface area (Å²) in [6.07, 6.45) is 5.59. The molecule has 118 valence electrons. The normalized spacial score (nSPS) is 10.4. The van der Waals surface area contributed by atoms with Crippen molar-refractivity contribution in [2.24, 2.45) is 5.73 Å².